The van der Waals surface area contributed by atoms with E-state index in [1.165, 1.54) is 16.5 Å². The Morgan fingerprint density at radius 2 is 2.00 bits per heavy atom. The van der Waals surface area contributed by atoms with E-state index in [9.17, 15) is 19.1 Å². The average molecular weight is 360 g/mol. The third-order valence-electron chi connectivity index (χ3n) is 4.14. The van der Waals surface area contributed by atoms with Gasteiger partial charge in [-0.2, -0.15) is 0 Å². The van der Waals surface area contributed by atoms with Gasteiger partial charge in [0.15, 0.2) is 0 Å². The Morgan fingerprint density at radius 1 is 1.24 bits per heavy atom. The van der Waals surface area contributed by atoms with Gasteiger partial charge in [-0.25, -0.2) is 9.18 Å². The van der Waals surface area contributed by atoms with Crippen molar-refractivity contribution < 1.29 is 14.3 Å². The summed E-state index contributed by atoms with van der Waals surface area (Å²) in [5.74, 6) is -1.76. The molecular formula is C19H15ClFNO3. The maximum absolute atomic E-state index is 14.1. The summed E-state index contributed by atoms with van der Waals surface area (Å²) in [5.41, 5.74) is 1.62. The number of hydrogen-bond acceptors (Lipinski definition) is 2. The summed E-state index contributed by atoms with van der Waals surface area (Å²) in [4.78, 5) is 23.8. The van der Waals surface area contributed by atoms with Crippen molar-refractivity contribution in [1.82, 2.24) is 4.40 Å². The van der Waals surface area contributed by atoms with E-state index >= 15 is 0 Å². The molecule has 6 heteroatoms. The molecule has 0 aliphatic heterocycles. The number of rotatable bonds is 4. The number of benzene rings is 1. The van der Waals surface area contributed by atoms with E-state index in [2.05, 4.69) is 0 Å². The number of carboxylic acids is 1. The Hall–Kier alpha value is -2.66. The van der Waals surface area contributed by atoms with Crippen molar-refractivity contribution in [2.75, 3.05) is 0 Å². The van der Waals surface area contributed by atoms with Crippen molar-refractivity contribution in [2.24, 2.45) is 0 Å². The maximum Gasteiger partial charge on any atom is 0.341 e. The normalized spacial score (nSPS) is 11.0. The SMILES string of the molecule is CCc1cc(C(=O)O)c(=O)n2cc(Cc3cccc(Cl)c3F)ccc12. The van der Waals surface area contributed by atoms with Crippen LogP contribution in [0.25, 0.3) is 5.52 Å². The number of pyridine rings is 2. The van der Waals surface area contributed by atoms with Gasteiger partial charge in [0.2, 0.25) is 0 Å². The molecular weight excluding hydrogens is 345 g/mol. The summed E-state index contributed by atoms with van der Waals surface area (Å²) in [6.07, 6.45) is 2.39. The van der Waals surface area contributed by atoms with Gasteiger partial charge < -0.3 is 5.11 Å². The van der Waals surface area contributed by atoms with Gasteiger partial charge in [-0.15, -0.1) is 0 Å². The maximum atomic E-state index is 14.1. The van der Waals surface area contributed by atoms with Crippen LogP contribution >= 0.6 is 11.6 Å². The topological polar surface area (TPSA) is 58.8 Å². The molecule has 3 aromatic rings. The molecule has 128 valence electrons. The first-order valence-electron chi connectivity index (χ1n) is 7.75. The van der Waals surface area contributed by atoms with Crippen LogP contribution in [-0.4, -0.2) is 15.5 Å². The molecule has 4 nitrogen and oxygen atoms in total. The van der Waals surface area contributed by atoms with Gasteiger partial charge in [-0.1, -0.05) is 36.7 Å². The summed E-state index contributed by atoms with van der Waals surface area (Å²) in [5, 5.41) is 9.28. The molecule has 0 saturated carbocycles. The van der Waals surface area contributed by atoms with Gasteiger partial charge in [0, 0.05) is 12.6 Å². The number of fused-ring (bicyclic) bond motifs is 1. The molecule has 0 aliphatic rings. The molecule has 1 aromatic carbocycles. The first kappa shape index (κ1) is 17.2. The van der Waals surface area contributed by atoms with Crippen LogP contribution in [0.15, 0.2) is 47.4 Å². The van der Waals surface area contributed by atoms with Crippen LogP contribution in [0.3, 0.4) is 0 Å². The number of aromatic nitrogens is 1. The van der Waals surface area contributed by atoms with Crippen molar-refractivity contribution >= 4 is 23.1 Å². The number of aryl methyl sites for hydroxylation is 1. The Bertz CT molecular complexity index is 1040. The highest BCUT2D eigenvalue weighted by Crippen LogP contribution is 2.21. The number of carboxylic acid groups (broad SMARTS) is 1. The van der Waals surface area contributed by atoms with E-state index in [-0.39, 0.29) is 17.0 Å². The van der Waals surface area contributed by atoms with Crippen molar-refractivity contribution in [2.45, 2.75) is 19.8 Å². The number of nitrogens with zero attached hydrogens (tertiary/aromatic N) is 1. The van der Waals surface area contributed by atoms with Gasteiger partial charge in [0.1, 0.15) is 11.4 Å². The summed E-state index contributed by atoms with van der Waals surface area (Å²) in [6, 6.07) is 9.72. The Kier molecular flexibility index (Phi) is 4.59. The molecule has 0 spiro atoms. The Labute approximate surface area is 148 Å². The van der Waals surface area contributed by atoms with Crippen molar-refractivity contribution in [3.63, 3.8) is 0 Å². The van der Waals surface area contributed by atoms with E-state index in [4.69, 9.17) is 11.6 Å². The molecule has 25 heavy (non-hydrogen) atoms. The fourth-order valence-electron chi connectivity index (χ4n) is 2.86. The molecule has 0 atom stereocenters. The quantitative estimate of drug-likeness (QED) is 0.767. The minimum atomic E-state index is -1.26. The molecule has 0 bridgehead atoms. The number of carbonyl (C=O) groups is 1. The third-order valence-corrected chi connectivity index (χ3v) is 4.44. The second-order valence-electron chi connectivity index (χ2n) is 5.73. The Morgan fingerprint density at radius 3 is 2.68 bits per heavy atom. The first-order chi connectivity index (χ1) is 11.9. The average Bonchev–Trinajstić information content (AvgIpc) is 2.59. The fourth-order valence-corrected chi connectivity index (χ4v) is 3.05. The lowest BCUT2D eigenvalue weighted by molar-refractivity contribution is 0.0694. The highest BCUT2D eigenvalue weighted by Gasteiger charge is 2.15. The monoisotopic (exact) mass is 359 g/mol. The van der Waals surface area contributed by atoms with E-state index < -0.39 is 17.3 Å². The van der Waals surface area contributed by atoms with Crippen LogP contribution in [0.4, 0.5) is 4.39 Å². The summed E-state index contributed by atoms with van der Waals surface area (Å²) < 4.78 is 15.4. The van der Waals surface area contributed by atoms with Crippen molar-refractivity contribution in [3.05, 3.63) is 86.0 Å². The number of halogens is 2. The molecule has 2 aromatic heterocycles. The number of aromatic carboxylic acids is 1. The van der Waals surface area contributed by atoms with Gasteiger partial charge in [0.05, 0.1) is 10.5 Å². The smallest absolute Gasteiger partial charge is 0.341 e. The zero-order valence-corrected chi connectivity index (χ0v) is 14.2. The highest BCUT2D eigenvalue weighted by molar-refractivity contribution is 6.30. The standard InChI is InChI=1S/C19H15ClFNO3/c1-2-12-9-14(19(24)25)18(23)22-10-11(6-7-16(12)22)8-13-4-3-5-15(20)17(13)21/h3-7,9-10H,2,8H2,1H3,(H,24,25). The second-order valence-corrected chi connectivity index (χ2v) is 6.14. The van der Waals surface area contributed by atoms with E-state index in [1.807, 2.05) is 6.92 Å². The third kappa shape index (κ3) is 3.15. The molecule has 0 aliphatic carbocycles. The summed E-state index contributed by atoms with van der Waals surface area (Å²) in [6.45, 7) is 1.89. The molecule has 0 radical (unpaired) electrons. The molecule has 0 amide bonds. The first-order valence-corrected chi connectivity index (χ1v) is 8.13. The van der Waals surface area contributed by atoms with E-state index in [0.717, 1.165) is 5.56 Å². The van der Waals surface area contributed by atoms with Gasteiger partial charge in [-0.05, 0) is 41.3 Å². The van der Waals surface area contributed by atoms with Crippen LogP contribution in [0.2, 0.25) is 5.02 Å². The minimum absolute atomic E-state index is 0.0388. The summed E-state index contributed by atoms with van der Waals surface area (Å²) in [7, 11) is 0. The lowest BCUT2D eigenvalue weighted by atomic mass is 10.0. The largest absolute Gasteiger partial charge is 0.477 e. The Balaban J connectivity index is 2.16. The van der Waals surface area contributed by atoms with Crippen molar-refractivity contribution in [3.8, 4) is 0 Å². The minimum Gasteiger partial charge on any atom is -0.477 e. The molecule has 0 fully saturated rings. The predicted molar refractivity (Wildman–Crippen MR) is 94.2 cm³/mol. The molecule has 2 heterocycles. The lowest BCUT2D eigenvalue weighted by Gasteiger charge is -2.11. The van der Waals surface area contributed by atoms with Crippen LogP contribution in [0.5, 0.6) is 0 Å². The molecule has 0 unspecified atom stereocenters. The van der Waals surface area contributed by atoms with Gasteiger partial charge >= 0.3 is 5.97 Å². The highest BCUT2D eigenvalue weighted by atomic mass is 35.5. The van der Waals surface area contributed by atoms with E-state index in [0.29, 0.717) is 23.1 Å². The lowest BCUT2D eigenvalue weighted by Crippen LogP contribution is -2.23. The predicted octanol–water partition coefficient (Wildman–Crippen LogP) is 3.94. The fraction of sp³-hybridized carbons (Fsp3) is 0.158. The van der Waals surface area contributed by atoms with Crippen LogP contribution in [0.1, 0.15) is 34.0 Å². The zero-order chi connectivity index (χ0) is 18.1. The van der Waals surface area contributed by atoms with Crippen LogP contribution in [0, 0.1) is 5.82 Å². The van der Waals surface area contributed by atoms with Crippen LogP contribution < -0.4 is 5.56 Å². The van der Waals surface area contributed by atoms with Gasteiger partial charge in [-0.3, -0.25) is 9.20 Å². The van der Waals surface area contributed by atoms with E-state index in [1.54, 1.807) is 30.5 Å². The molecule has 1 N–H and O–H groups in total. The molecule has 0 saturated heterocycles. The second kappa shape index (κ2) is 6.69. The molecule has 3 rings (SSSR count). The van der Waals surface area contributed by atoms with Crippen molar-refractivity contribution in [1.29, 1.82) is 0 Å². The number of hydrogen-bond donors (Lipinski definition) is 1. The van der Waals surface area contributed by atoms with Gasteiger partial charge in [0.25, 0.3) is 5.56 Å². The summed E-state index contributed by atoms with van der Waals surface area (Å²) >= 11 is 5.80. The zero-order valence-electron chi connectivity index (χ0n) is 13.4. The van der Waals surface area contributed by atoms with Crippen LogP contribution in [-0.2, 0) is 12.8 Å².